The van der Waals surface area contributed by atoms with Crippen LogP contribution in [0.2, 0.25) is 0 Å². The molecule has 0 saturated carbocycles. The lowest BCUT2D eigenvalue weighted by atomic mass is 9.97. The smallest absolute Gasteiger partial charge is 0.264 e. The topological polar surface area (TPSA) is 143 Å². The fraction of sp³-hybridized carbons (Fsp3) is 0.185. The van der Waals surface area contributed by atoms with Gasteiger partial charge in [0.25, 0.3) is 10.0 Å². The normalized spacial score (nSPS) is 18.9. The average molecular weight is 530 g/mol. The predicted octanol–water partition coefficient (Wildman–Crippen LogP) is 3.55. The molecule has 0 fully saturated rings. The summed E-state index contributed by atoms with van der Waals surface area (Å²) in [5.41, 5.74) is 16.0. The van der Waals surface area contributed by atoms with Crippen molar-refractivity contribution in [1.82, 2.24) is 15.1 Å². The van der Waals surface area contributed by atoms with Gasteiger partial charge in [-0.1, -0.05) is 42.5 Å². The number of ether oxygens (including phenoxy) is 1. The third kappa shape index (κ3) is 4.05. The van der Waals surface area contributed by atoms with Crippen molar-refractivity contribution < 1.29 is 13.2 Å². The van der Waals surface area contributed by atoms with Crippen molar-refractivity contribution in [2.45, 2.75) is 30.4 Å². The van der Waals surface area contributed by atoms with E-state index >= 15 is 0 Å². The van der Waals surface area contributed by atoms with Crippen LogP contribution < -0.4 is 20.5 Å². The standard InChI is InChI=1S/C27H27N7O3S/c1-17-7-2-5-12-24(17)37-20-9-6-10-21(14-20)38(35,36)33-16-19(13-18-8-3-4-11-23(18)33)34-25(28)22-15-30-32-26(22)31-27(34)29/h2-12,14-15,19,25H,13,16,28H2,1H3,(H3,29,30,31,32). The largest absolute Gasteiger partial charge is 0.457 e. The van der Waals surface area contributed by atoms with Gasteiger partial charge in [-0.3, -0.25) is 9.40 Å². The van der Waals surface area contributed by atoms with Crippen LogP contribution in [0.4, 0.5) is 11.5 Å². The molecule has 0 saturated heterocycles. The average Bonchev–Trinajstić information content (AvgIpc) is 3.38. The lowest BCUT2D eigenvalue weighted by Crippen LogP contribution is -2.57. The van der Waals surface area contributed by atoms with Gasteiger partial charge in [-0.25, -0.2) is 8.42 Å². The van der Waals surface area contributed by atoms with Crippen molar-refractivity contribution in [1.29, 1.82) is 0 Å². The Labute approximate surface area is 220 Å². The van der Waals surface area contributed by atoms with E-state index in [-0.39, 0.29) is 23.4 Å². The number of hydrogen-bond donors (Lipinski definition) is 3. The van der Waals surface area contributed by atoms with Crippen LogP contribution in [-0.2, 0) is 16.4 Å². The van der Waals surface area contributed by atoms with Crippen molar-refractivity contribution in [3.05, 3.63) is 95.7 Å². The number of para-hydroxylation sites is 2. The second kappa shape index (κ2) is 9.19. The maximum absolute atomic E-state index is 14.1. The van der Waals surface area contributed by atoms with Gasteiger partial charge < -0.3 is 21.1 Å². The maximum atomic E-state index is 14.1. The lowest BCUT2D eigenvalue weighted by Gasteiger charge is -2.44. The number of rotatable bonds is 5. The molecule has 2 aliphatic rings. The lowest BCUT2D eigenvalue weighted by molar-refractivity contribution is 0.233. The highest BCUT2D eigenvalue weighted by Crippen LogP contribution is 2.38. The summed E-state index contributed by atoms with van der Waals surface area (Å²) in [7, 11) is -3.97. The second-order valence-electron chi connectivity index (χ2n) is 9.36. The quantitative estimate of drug-likeness (QED) is 0.359. The Morgan fingerprint density at radius 3 is 2.68 bits per heavy atom. The third-order valence-corrected chi connectivity index (χ3v) is 8.73. The first kappa shape index (κ1) is 24.0. The minimum absolute atomic E-state index is 0.126. The monoisotopic (exact) mass is 529 g/mol. The van der Waals surface area contributed by atoms with Crippen molar-refractivity contribution in [3.63, 3.8) is 0 Å². The highest BCUT2D eigenvalue weighted by atomic mass is 32.2. The van der Waals surface area contributed by atoms with Gasteiger partial charge in [-0.2, -0.15) is 10.1 Å². The zero-order chi connectivity index (χ0) is 26.4. The van der Waals surface area contributed by atoms with E-state index in [9.17, 15) is 8.42 Å². The van der Waals surface area contributed by atoms with Gasteiger partial charge in [-0.05, 0) is 48.7 Å². The fourth-order valence-electron chi connectivity index (χ4n) is 5.05. The summed E-state index contributed by atoms with van der Waals surface area (Å²) in [5.74, 6) is 1.82. The summed E-state index contributed by atoms with van der Waals surface area (Å²) in [6.07, 6.45) is 1.55. The number of nitrogens with zero attached hydrogens (tertiary/aromatic N) is 4. The van der Waals surface area contributed by atoms with E-state index in [4.69, 9.17) is 16.2 Å². The van der Waals surface area contributed by atoms with Gasteiger partial charge in [0.05, 0.1) is 34.9 Å². The van der Waals surface area contributed by atoms with Crippen molar-refractivity contribution in [3.8, 4) is 11.5 Å². The molecule has 38 heavy (non-hydrogen) atoms. The molecule has 0 amide bonds. The van der Waals surface area contributed by atoms with Crippen LogP contribution in [0.25, 0.3) is 0 Å². The van der Waals surface area contributed by atoms with Gasteiger partial charge in [0.2, 0.25) is 0 Å². The van der Waals surface area contributed by atoms with E-state index < -0.39 is 16.2 Å². The van der Waals surface area contributed by atoms with Gasteiger partial charge in [0.15, 0.2) is 11.8 Å². The van der Waals surface area contributed by atoms with Crippen LogP contribution in [0.3, 0.4) is 0 Å². The number of aromatic nitrogens is 2. The van der Waals surface area contributed by atoms with Crippen LogP contribution in [-0.4, -0.2) is 42.1 Å². The van der Waals surface area contributed by atoms with E-state index in [0.29, 0.717) is 35.0 Å². The summed E-state index contributed by atoms with van der Waals surface area (Å²) in [4.78, 5) is 6.31. The number of hydrogen-bond acceptors (Lipinski definition) is 8. The SMILES string of the molecule is Cc1ccccc1Oc1cccc(S(=O)(=O)N2CC(N3C(N)=Nc4[nH]ncc4C3N)Cc3ccccc32)c1. The summed E-state index contributed by atoms with van der Waals surface area (Å²) in [6.45, 7) is 2.08. The molecule has 0 radical (unpaired) electrons. The molecule has 5 N–H and O–H groups in total. The molecule has 0 spiro atoms. The van der Waals surface area contributed by atoms with E-state index in [1.165, 1.54) is 4.31 Å². The maximum Gasteiger partial charge on any atom is 0.264 e. The molecule has 0 aliphatic carbocycles. The highest BCUT2D eigenvalue weighted by Gasteiger charge is 2.40. The van der Waals surface area contributed by atoms with Gasteiger partial charge in [0, 0.05) is 6.07 Å². The first-order chi connectivity index (χ1) is 18.3. The Morgan fingerprint density at radius 1 is 1.05 bits per heavy atom. The zero-order valence-corrected chi connectivity index (χ0v) is 21.5. The number of aromatic amines is 1. The zero-order valence-electron chi connectivity index (χ0n) is 20.7. The summed E-state index contributed by atoms with van der Waals surface area (Å²) < 4.78 is 35.7. The molecule has 194 valence electrons. The second-order valence-corrected chi connectivity index (χ2v) is 11.2. The van der Waals surface area contributed by atoms with Crippen molar-refractivity contribution in [2.75, 3.05) is 10.8 Å². The molecule has 11 heteroatoms. The minimum atomic E-state index is -3.97. The number of fused-ring (bicyclic) bond motifs is 2. The summed E-state index contributed by atoms with van der Waals surface area (Å²) in [5, 5.41) is 6.82. The summed E-state index contributed by atoms with van der Waals surface area (Å²) in [6, 6.07) is 21.2. The molecule has 10 nitrogen and oxygen atoms in total. The Balaban J connectivity index is 1.36. The van der Waals surface area contributed by atoms with E-state index in [2.05, 4.69) is 15.2 Å². The van der Waals surface area contributed by atoms with Crippen LogP contribution in [0, 0.1) is 6.92 Å². The van der Waals surface area contributed by atoms with Gasteiger partial charge in [-0.15, -0.1) is 0 Å². The fourth-order valence-corrected chi connectivity index (χ4v) is 6.62. The molecule has 6 rings (SSSR count). The predicted molar refractivity (Wildman–Crippen MR) is 145 cm³/mol. The Kier molecular flexibility index (Phi) is 5.81. The Morgan fingerprint density at radius 2 is 1.84 bits per heavy atom. The number of anilines is 1. The third-order valence-electron chi connectivity index (χ3n) is 6.96. The number of aliphatic imine (C=N–C) groups is 1. The molecule has 3 heterocycles. The number of guanidine groups is 1. The number of H-pyrrole nitrogens is 1. The number of aryl methyl sites for hydroxylation is 1. The van der Waals surface area contributed by atoms with Crippen LogP contribution in [0.5, 0.6) is 11.5 Å². The molecule has 2 atom stereocenters. The Hall–Kier alpha value is -4.35. The molecule has 4 aromatic rings. The molecule has 1 aromatic heterocycles. The minimum Gasteiger partial charge on any atom is -0.457 e. The first-order valence-electron chi connectivity index (χ1n) is 12.2. The van der Waals surface area contributed by atoms with Gasteiger partial charge >= 0.3 is 0 Å². The van der Waals surface area contributed by atoms with E-state index in [1.807, 2.05) is 55.5 Å². The number of sulfonamides is 1. The van der Waals surface area contributed by atoms with E-state index in [1.54, 1.807) is 35.4 Å². The molecule has 3 aromatic carbocycles. The van der Waals surface area contributed by atoms with Gasteiger partial charge in [0.1, 0.15) is 17.7 Å². The van der Waals surface area contributed by atoms with Crippen molar-refractivity contribution >= 4 is 27.5 Å². The summed E-state index contributed by atoms with van der Waals surface area (Å²) >= 11 is 0. The molecule has 2 aliphatic heterocycles. The number of nitrogens with two attached hydrogens (primary N) is 2. The number of nitrogens with one attached hydrogen (secondary N) is 1. The van der Waals surface area contributed by atoms with Crippen LogP contribution >= 0.6 is 0 Å². The number of benzene rings is 3. The van der Waals surface area contributed by atoms with Crippen LogP contribution in [0.1, 0.15) is 22.9 Å². The first-order valence-corrected chi connectivity index (χ1v) is 13.6. The molecule has 0 bridgehead atoms. The molecular formula is C27H27N7O3S. The van der Waals surface area contributed by atoms with Crippen LogP contribution in [0.15, 0.2) is 88.9 Å². The van der Waals surface area contributed by atoms with Crippen molar-refractivity contribution in [2.24, 2.45) is 16.5 Å². The molecule has 2 unspecified atom stereocenters. The Bertz CT molecular complexity index is 1650. The molecular weight excluding hydrogens is 502 g/mol. The van der Waals surface area contributed by atoms with E-state index in [0.717, 1.165) is 11.1 Å². The highest BCUT2D eigenvalue weighted by molar-refractivity contribution is 7.92.